The van der Waals surface area contributed by atoms with Gasteiger partial charge in [-0.3, -0.25) is 9.48 Å². The zero-order valence-corrected chi connectivity index (χ0v) is 18.0. The number of rotatable bonds is 9. The van der Waals surface area contributed by atoms with Gasteiger partial charge in [0, 0.05) is 35.6 Å². The highest BCUT2D eigenvalue weighted by Crippen LogP contribution is 2.26. The van der Waals surface area contributed by atoms with E-state index in [0.29, 0.717) is 11.5 Å². The summed E-state index contributed by atoms with van der Waals surface area (Å²) in [7, 11) is 0. The predicted octanol–water partition coefficient (Wildman–Crippen LogP) is 2.97. The third-order valence-electron chi connectivity index (χ3n) is 4.12. The number of hydrogen-bond donors (Lipinski definition) is 4. The van der Waals surface area contributed by atoms with Crippen LogP contribution in [0.25, 0.3) is 0 Å². The van der Waals surface area contributed by atoms with E-state index in [0.717, 1.165) is 0 Å². The Hall–Kier alpha value is -2.95. The van der Waals surface area contributed by atoms with Crippen molar-refractivity contribution in [3.05, 3.63) is 58.2 Å². The van der Waals surface area contributed by atoms with Crippen LogP contribution in [-0.2, 0) is 17.9 Å². The number of carbonyl (C=O) groups is 1. The molecule has 0 aliphatic heterocycles. The van der Waals surface area contributed by atoms with Crippen LogP contribution in [0.5, 0.6) is 0 Å². The minimum Gasteiger partial charge on any atom is -0.394 e. The lowest BCUT2D eigenvalue weighted by molar-refractivity contribution is -0.122. The van der Waals surface area contributed by atoms with Gasteiger partial charge < -0.3 is 21.1 Å². The monoisotopic (exact) mass is 467 g/mol. The summed E-state index contributed by atoms with van der Waals surface area (Å²) in [4.78, 5) is 20.3. The molecule has 0 saturated carbocycles. The van der Waals surface area contributed by atoms with E-state index in [4.69, 9.17) is 28.3 Å². The molecular weight excluding hydrogens is 448 g/mol. The molecule has 0 aliphatic rings. The Morgan fingerprint density at radius 2 is 2.06 bits per heavy atom. The Bertz CT molecular complexity index is 1060. The first-order chi connectivity index (χ1) is 14.9. The Morgan fingerprint density at radius 3 is 2.84 bits per heavy atom. The van der Waals surface area contributed by atoms with Crippen LogP contribution in [0.4, 0.5) is 21.8 Å². The second-order valence-corrected chi connectivity index (χ2v) is 7.46. The fraction of sp³-hybridized carbons (Fsp3) is 0.263. The van der Waals surface area contributed by atoms with Crippen molar-refractivity contribution in [2.24, 2.45) is 0 Å². The summed E-state index contributed by atoms with van der Waals surface area (Å²) in [5.74, 6) is -0.136. The van der Waals surface area contributed by atoms with Crippen molar-refractivity contribution in [3.8, 4) is 0 Å². The average Bonchev–Trinajstić information content (AvgIpc) is 3.17. The molecule has 2 aromatic heterocycles. The molecule has 12 heteroatoms. The van der Waals surface area contributed by atoms with Crippen LogP contribution < -0.4 is 16.0 Å². The molecule has 2 heterocycles. The summed E-state index contributed by atoms with van der Waals surface area (Å²) in [6, 6.07) is 4.21. The van der Waals surface area contributed by atoms with E-state index in [1.54, 1.807) is 19.2 Å². The van der Waals surface area contributed by atoms with E-state index in [1.807, 2.05) is 0 Å². The minimum absolute atomic E-state index is 0.000428. The molecule has 0 fully saturated rings. The number of anilines is 3. The lowest BCUT2D eigenvalue weighted by Gasteiger charge is -2.10. The zero-order valence-electron chi connectivity index (χ0n) is 16.4. The van der Waals surface area contributed by atoms with Gasteiger partial charge in [-0.1, -0.05) is 23.2 Å². The summed E-state index contributed by atoms with van der Waals surface area (Å²) in [5, 5.41) is 21.9. The van der Waals surface area contributed by atoms with Crippen LogP contribution in [0.15, 0.2) is 36.8 Å². The maximum absolute atomic E-state index is 14.2. The van der Waals surface area contributed by atoms with Crippen LogP contribution in [-0.4, -0.2) is 43.4 Å². The minimum atomic E-state index is -0.584. The lowest BCUT2D eigenvalue weighted by atomic mass is 10.2. The molecule has 0 bridgehead atoms. The third kappa shape index (κ3) is 6.27. The number of aliphatic hydroxyl groups excluding tert-OH is 1. The van der Waals surface area contributed by atoms with Crippen LogP contribution in [0, 0.1) is 5.82 Å². The smallest absolute Gasteiger partial charge is 0.242 e. The van der Waals surface area contributed by atoms with Gasteiger partial charge in [0.1, 0.15) is 18.2 Å². The fourth-order valence-corrected chi connectivity index (χ4v) is 2.97. The molecule has 31 heavy (non-hydrogen) atoms. The number of benzene rings is 1. The summed E-state index contributed by atoms with van der Waals surface area (Å²) in [6.07, 6.45) is 4.67. The van der Waals surface area contributed by atoms with Crippen LogP contribution in [0.2, 0.25) is 10.0 Å². The highest BCUT2D eigenvalue weighted by Gasteiger charge is 2.12. The van der Waals surface area contributed by atoms with Crippen LogP contribution >= 0.6 is 23.2 Å². The molecule has 9 nitrogen and oxygen atoms in total. The Balaban J connectivity index is 1.61. The van der Waals surface area contributed by atoms with Gasteiger partial charge in [-0.25, -0.2) is 9.37 Å². The first-order valence-electron chi connectivity index (χ1n) is 9.24. The van der Waals surface area contributed by atoms with Crippen molar-refractivity contribution in [3.63, 3.8) is 0 Å². The number of nitrogens with zero attached hydrogens (tertiary/aromatic N) is 4. The second kappa shape index (κ2) is 10.4. The molecule has 0 spiro atoms. The summed E-state index contributed by atoms with van der Waals surface area (Å²) in [6.45, 7) is 1.64. The SMILES string of the molecule is CC(CO)NC(=O)Cn1cc(Nc2nccc(NCc3c(Cl)ccc(Cl)c3F)n2)cn1. The van der Waals surface area contributed by atoms with Gasteiger partial charge in [0.15, 0.2) is 0 Å². The van der Waals surface area contributed by atoms with E-state index in [-0.39, 0.29) is 53.2 Å². The molecule has 1 atom stereocenters. The van der Waals surface area contributed by atoms with Crippen molar-refractivity contribution in [2.45, 2.75) is 26.1 Å². The molecule has 164 valence electrons. The maximum Gasteiger partial charge on any atom is 0.242 e. The van der Waals surface area contributed by atoms with Crippen molar-refractivity contribution in [1.29, 1.82) is 0 Å². The van der Waals surface area contributed by atoms with E-state index < -0.39 is 5.82 Å². The van der Waals surface area contributed by atoms with Gasteiger partial charge in [-0.2, -0.15) is 10.1 Å². The summed E-state index contributed by atoms with van der Waals surface area (Å²) < 4.78 is 15.6. The number of carbonyl (C=O) groups excluding carboxylic acids is 1. The van der Waals surface area contributed by atoms with Gasteiger partial charge in [0.25, 0.3) is 0 Å². The topological polar surface area (TPSA) is 117 Å². The highest BCUT2D eigenvalue weighted by molar-refractivity contribution is 6.33. The summed E-state index contributed by atoms with van der Waals surface area (Å²) >= 11 is 11.9. The van der Waals surface area contributed by atoms with Gasteiger partial charge in [-0.05, 0) is 25.1 Å². The van der Waals surface area contributed by atoms with Gasteiger partial charge in [0.05, 0.1) is 23.5 Å². The van der Waals surface area contributed by atoms with Crippen LogP contribution in [0.3, 0.4) is 0 Å². The number of amides is 1. The fourth-order valence-electron chi connectivity index (χ4n) is 2.58. The predicted molar refractivity (Wildman–Crippen MR) is 116 cm³/mol. The quantitative estimate of drug-likeness (QED) is 0.357. The van der Waals surface area contributed by atoms with Crippen molar-refractivity contribution >= 4 is 46.6 Å². The van der Waals surface area contributed by atoms with Gasteiger partial charge in [0.2, 0.25) is 11.9 Å². The second-order valence-electron chi connectivity index (χ2n) is 6.64. The highest BCUT2D eigenvalue weighted by atomic mass is 35.5. The van der Waals surface area contributed by atoms with Gasteiger partial charge >= 0.3 is 0 Å². The Kier molecular flexibility index (Phi) is 7.61. The van der Waals surface area contributed by atoms with E-state index in [2.05, 4.69) is 31.0 Å². The largest absolute Gasteiger partial charge is 0.394 e. The number of halogens is 3. The zero-order chi connectivity index (χ0) is 22.4. The standard InChI is InChI=1S/C19H20Cl2FN7O2/c1-11(10-30)26-17(31)9-29-8-12(6-25-29)27-19-23-5-4-16(28-19)24-7-13-14(20)2-3-15(21)18(13)22/h2-6,8,11,30H,7,9-10H2,1H3,(H,26,31)(H2,23,24,27,28). The molecule has 0 radical (unpaired) electrons. The number of aliphatic hydroxyl groups is 1. The molecular formula is C19H20Cl2FN7O2. The van der Waals surface area contributed by atoms with Crippen LogP contribution in [0.1, 0.15) is 12.5 Å². The Labute approximate surface area is 187 Å². The maximum atomic E-state index is 14.2. The van der Waals surface area contributed by atoms with E-state index >= 15 is 0 Å². The van der Waals surface area contributed by atoms with Gasteiger partial charge in [-0.15, -0.1) is 0 Å². The van der Waals surface area contributed by atoms with E-state index in [9.17, 15) is 9.18 Å². The molecule has 1 amide bonds. The van der Waals surface area contributed by atoms with Crippen molar-refractivity contribution < 1.29 is 14.3 Å². The van der Waals surface area contributed by atoms with E-state index in [1.165, 1.54) is 29.2 Å². The number of nitrogens with one attached hydrogen (secondary N) is 3. The number of hydrogen-bond acceptors (Lipinski definition) is 7. The third-order valence-corrected chi connectivity index (χ3v) is 4.76. The van der Waals surface area contributed by atoms with Crippen molar-refractivity contribution in [2.75, 3.05) is 17.2 Å². The summed E-state index contributed by atoms with van der Waals surface area (Å²) in [5.41, 5.74) is 0.807. The first kappa shape index (κ1) is 22.7. The van der Waals surface area contributed by atoms with Crippen molar-refractivity contribution in [1.82, 2.24) is 25.1 Å². The Morgan fingerprint density at radius 1 is 1.29 bits per heavy atom. The molecule has 0 aliphatic carbocycles. The number of aromatic nitrogens is 4. The normalized spacial score (nSPS) is 11.8. The molecule has 3 aromatic rings. The molecule has 1 aromatic carbocycles. The molecule has 3 rings (SSSR count). The first-order valence-corrected chi connectivity index (χ1v) is 10.00. The molecule has 0 saturated heterocycles. The molecule has 1 unspecified atom stereocenters. The lowest BCUT2D eigenvalue weighted by Crippen LogP contribution is -2.37. The molecule has 4 N–H and O–H groups in total. The average molecular weight is 468 g/mol.